The lowest BCUT2D eigenvalue weighted by molar-refractivity contribution is 0.275. The predicted molar refractivity (Wildman–Crippen MR) is 58.7 cm³/mol. The van der Waals surface area contributed by atoms with Crippen molar-refractivity contribution >= 4 is 12.4 Å². The van der Waals surface area contributed by atoms with E-state index in [0.29, 0.717) is 17.5 Å². The summed E-state index contributed by atoms with van der Waals surface area (Å²) in [6.45, 7) is 1.63. The molecule has 0 spiro atoms. The Hall–Kier alpha value is -0.840. The van der Waals surface area contributed by atoms with Gasteiger partial charge in [0, 0.05) is 18.2 Å². The van der Waals surface area contributed by atoms with Crippen LogP contribution in [0.1, 0.15) is 23.6 Å². The molecule has 0 amide bonds. The van der Waals surface area contributed by atoms with Crippen molar-refractivity contribution in [3.63, 3.8) is 0 Å². The van der Waals surface area contributed by atoms with E-state index >= 15 is 0 Å². The summed E-state index contributed by atoms with van der Waals surface area (Å²) in [7, 11) is 0. The van der Waals surface area contributed by atoms with Crippen LogP contribution >= 0.6 is 12.4 Å². The number of rotatable bonds is 3. The van der Waals surface area contributed by atoms with Gasteiger partial charge in [-0.1, -0.05) is 6.07 Å². The number of aromatic hydroxyl groups is 1. The summed E-state index contributed by atoms with van der Waals surface area (Å²) in [5.41, 5.74) is 6.70. The number of hydrogen-bond donors (Lipinski definition) is 3. The largest absolute Gasteiger partial charge is 0.505 e. The van der Waals surface area contributed by atoms with Crippen LogP contribution in [0.4, 0.5) is 4.39 Å². The van der Waals surface area contributed by atoms with Crippen molar-refractivity contribution < 1.29 is 14.6 Å². The van der Waals surface area contributed by atoms with Crippen molar-refractivity contribution in [1.29, 1.82) is 0 Å². The summed E-state index contributed by atoms with van der Waals surface area (Å²) in [6.07, 6.45) is 0.302. The molecule has 0 heterocycles. The zero-order valence-corrected chi connectivity index (χ0v) is 9.22. The van der Waals surface area contributed by atoms with Gasteiger partial charge in [-0.2, -0.15) is 0 Å². The molecule has 0 aliphatic rings. The predicted octanol–water partition coefficient (Wildman–Crippen LogP) is 1.64. The average molecular weight is 236 g/mol. The molecule has 15 heavy (non-hydrogen) atoms. The monoisotopic (exact) mass is 235 g/mol. The smallest absolute Gasteiger partial charge is 0.165 e. The highest BCUT2D eigenvalue weighted by atomic mass is 35.5. The van der Waals surface area contributed by atoms with Crippen molar-refractivity contribution in [2.24, 2.45) is 5.73 Å². The number of nitrogens with two attached hydrogens (primary N) is 1. The Kier molecular flexibility index (Phi) is 5.57. The third kappa shape index (κ3) is 3.34. The van der Waals surface area contributed by atoms with Crippen LogP contribution < -0.4 is 5.73 Å². The normalized spacial score (nSPS) is 12.0. The molecule has 0 saturated carbocycles. The van der Waals surface area contributed by atoms with Crippen molar-refractivity contribution in [3.05, 3.63) is 29.1 Å². The lowest BCUT2D eigenvalue weighted by Crippen LogP contribution is -2.12. The molecule has 0 saturated heterocycles. The minimum Gasteiger partial charge on any atom is -0.505 e. The zero-order chi connectivity index (χ0) is 10.7. The topological polar surface area (TPSA) is 66.5 Å². The van der Waals surface area contributed by atoms with Crippen molar-refractivity contribution in [1.82, 2.24) is 0 Å². The van der Waals surface area contributed by atoms with E-state index < -0.39 is 17.6 Å². The van der Waals surface area contributed by atoms with E-state index in [1.165, 1.54) is 6.07 Å². The maximum Gasteiger partial charge on any atom is 0.165 e. The maximum absolute atomic E-state index is 13.1. The van der Waals surface area contributed by atoms with Crippen LogP contribution in [0.2, 0.25) is 0 Å². The Morgan fingerprint density at radius 3 is 2.60 bits per heavy atom. The number of phenols is 1. The molecule has 0 aliphatic carbocycles. The van der Waals surface area contributed by atoms with Gasteiger partial charge in [0.25, 0.3) is 0 Å². The summed E-state index contributed by atoms with van der Waals surface area (Å²) >= 11 is 0. The fourth-order valence-electron chi connectivity index (χ4n) is 1.34. The molecule has 86 valence electrons. The Morgan fingerprint density at radius 1 is 1.47 bits per heavy atom. The molecule has 1 aromatic rings. The van der Waals surface area contributed by atoms with Crippen LogP contribution in [0.5, 0.6) is 5.75 Å². The number of phenolic OH excluding ortho intramolecular Hbond substituents is 1. The van der Waals surface area contributed by atoms with Gasteiger partial charge in [-0.05, 0) is 25.0 Å². The molecule has 3 nitrogen and oxygen atoms in total. The second kappa shape index (κ2) is 5.90. The average Bonchev–Trinajstić information content (AvgIpc) is 2.11. The summed E-state index contributed by atoms with van der Waals surface area (Å²) in [6, 6.07) is 2.33. The number of aryl methyl sites for hydroxylation is 1. The second-order valence-electron chi connectivity index (χ2n) is 3.30. The number of aliphatic hydroxyl groups is 1. The van der Waals surface area contributed by atoms with E-state index in [4.69, 9.17) is 10.8 Å². The van der Waals surface area contributed by atoms with Gasteiger partial charge in [0.15, 0.2) is 11.6 Å². The van der Waals surface area contributed by atoms with Crippen LogP contribution in [0.25, 0.3) is 0 Å². The van der Waals surface area contributed by atoms with Gasteiger partial charge in [-0.15, -0.1) is 12.4 Å². The first kappa shape index (κ1) is 14.2. The fraction of sp³-hybridized carbons (Fsp3) is 0.400. The Morgan fingerprint density at radius 2 is 2.07 bits per heavy atom. The fourth-order valence-corrected chi connectivity index (χ4v) is 1.34. The lowest BCUT2D eigenvalue weighted by Gasteiger charge is -2.13. The van der Waals surface area contributed by atoms with E-state index in [1.54, 1.807) is 13.0 Å². The molecule has 0 radical (unpaired) electrons. The Labute approximate surface area is 94.1 Å². The third-order valence-corrected chi connectivity index (χ3v) is 2.08. The van der Waals surface area contributed by atoms with Gasteiger partial charge < -0.3 is 15.9 Å². The van der Waals surface area contributed by atoms with Gasteiger partial charge >= 0.3 is 0 Å². The molecule has 0 aromatic heterocycles. The number of hydrogen-bond acceptors (Lipinski definition) is 3. The zero-order valence-electron chi connectivity index (χ0n) is 8.40. The molecule has 4 N–H and O–H groups in total. The highest BCUT2D eigenvalue weighted by molar-refractivity contribution is 5.85. The van der Waals surface area contributed by atoms with Crippen molar-refractivity contribution in [2.45, 2.75) is 19.4 Å². The van der Waals surface area contributed by atoms with Crippen LogP contribution in [0, 0.1) is 12.7 Å². The Bertz CT molecular complexity index is 333. The maximum atomic E-state index is 13.1. The molecule has 5 heteroatoms. The molecule has 1 atom stereocenters. The number of halogens is 2. The molecule has 0 aliphatic heterocycles. The summed E-state index contributed by atoms with van der Waals surface area (Å²) in [4.78, 5) is 0. The number of aliphatic hydroxyl groups excluding tert-OH is 1. The van der Waals surface area contributed by atoms with Gasteiger partial charge in [-0.25, -0.2) is 4.39 Å². The van der Waals surface area contributed by atoms with Crippen LogP contribution in [0.15, 0.2) is 12.1 Å². The van der Waals surface area contributed by atoms with E-state index in [-0.39, 0.29) is 19.0 Å². The van der Waals surface area contributed by atoms with Gasteiger partial charge in [0.2, 0.25) is 0 Å². The minimum atomic E-state index is -0.673. The molecule has 1 rings (SSSR count). The van der Waals surface area contributed by atoms with E-state index in [1.807, 2.05) is 0 Å². The summed E-state index contributed by atoms with van der Waals surface area (Å²) in [5.74, 6) is -1.09. The van der Waals surface area contributed by atoms with Crippen molar-refractivity contribution in [2.75, 3.05) is 6.61 Å². The molecule has 0 fully saturated rings. The van der Waals surface area contributed by atoms with E-state index in [0.717, 1.165) is 0 Å². The first-order chi connectivity index (χ1) is 6.56. The highest BCUT2D eigenvalue weighted by Crippen LogP contribution is 2.28. The SMILES string of the molecule is Cc1cc(F)c(O)c([C@@H](N)CCO)c1.Cl. The quantitative estimate of drug-likeness (QED) is 0.746. The van der Waals surface area contributed by atoms with E-state index in [2.05, 4.69) is 0 Å². The molecule has 0 bridgehead atoms. The first-order valence-electron chi connectivity index (χ1n) is 4.41. The van der Waals surface area contributed by atoms with Gasteiger partial charge in [0.1, 0.15) is 0 Å². The second-order valence-corrected chi connectivity index (χ2v) is 3.30. The molecular weight excluding hydrogens is 221 g/mol. The van der Waals surface area contributed by atoms with Crippen LogP contribution in [0.3, 0.4) is 0 Å². The van der Waals surface area contributed by atoms with Crippen LogP contribution in [-0.4, -0.2) is 16.8 Å². The summed E-state index contributed by atoms with van der Waals surface area (Å²) in [5, 5.41) is 18.1. The summed E-state index contributed by atoms with van der Waals surface area (Å²) < 4.78 is 13.1. The third-order valence-electron chi connectivity index (χ3n) is 2.08. The van der Waals surface area contributed by atoms with Gasteiger partial charge in [-0.3, -0.25) is 0 Å². The van der Waals surface area contributed by atoms with Gasteiger partial charge in [0.05, 0.1) is 0 Å². The molecular formula is C10H15ClFNO2. The molecule has 0 unspecified atom stereocenters. The number of benzene rings is 1. The Balaban J connectivity index is 0.00000196. The molecule has 1 aromatic carbocycles. The minimum absolute atomic E-state index is 0. The van der Waals surface area contributed by atoms with Crippen LogP contribution in [-0.2, 0) is 0 Å². The van der Waals surface area contributed by atoms with Crippen molar-refractivity contribution in [3.8, 4) is 5.75 Å². The lowest BCUT2D eigenvalue weighted by atomic mass is 10.0. The standard InChI is InChI=1S/C10H14FNO2.ClH/c1-6-4-7(9(12)2-3-13)10(14)8(11)5-6;/h4-5,9,13-14H,2-3,12H2,1H3;1H/t9-;/m0./s1. The highest BCUT2D eigenvalue weighted by Gasteiger charge is 2.14. The first-order valence-corrected chi connectivity index (χ1v) is 4.41. The van der Waals surface area contributed by atoms with E-state index in [9.17, 15) is 9.50 Å².